The Bertz CT molecular complexity index is 363. The zero-order valence-corrected chi connectivity index (χ0v) is 11.8. The zero-order chi connectivity index (χ0) is 13.4. The van der Waals surface area contributed by atoms with Crippen LogP contribution in [0.15, 0.2) is 31.0 Å². The Kier molecular flexibility index (Phi) is 6.44. The van der Waals surface area contributed by atoms with Crippen LogP contribution in [0.1, 0.15) is 38.3 Å². The summed E-state index contributed by atoms with van der Waals surface area (Å²) >= 11 is 0. The van der Waals surface area contributed by atoms with Gasteiger partial charge in [-0.05, 0) is 44.0 Å². The average Bonchev–Trinajstić information content (AvgIpc) is 2.39. The number of hydrogen-bond acceptors (Lipinski definition) is 3. The second-order valence-corrected chi connectivity index (χ2v) is 4.58. The Morgan fingerprint density at radius 3 is 3.00 bits per heavy atom. The molecule has 0 radical (unpaired) electrons. The number of allylic oxidation sites excluding steroid dienone is 1. The Balaban J connectivity index is 2.65. The third-order valence-electron chi connectivity index (χ3n) is 3.07. The molecule has 0 bridgehead atoms. The number of hydrogen-bond donors (Lipinski definition) is 1. The minimum absolute atomic E-state index is 0.373. The third kappa shape index (κ3) is 4.49. The molecule has 0 fully saturated rings. The van der Waals surface area contributed by atoms with Gasteiger partial charge in [0.2, 0.25) is 0 Å². The summed E-state index contributed by atoms with van der Waals surface area (Å²) in [6.45, 7) is 10.0. The van der Waals surface area contributed by atoms with Crippen molar-refractivity contribution < 1.29 is 0 Å². The van der Waals surface area contributed by atoms with Crippen molar-refractivity contribution in [2.75, 3.05) is 25.0 Å². The maximum absolute atomic E-state index is 4.43. The van der Waals surface area contributed by atoms with Crippen LogP contribution in [0, 0.1) is 0 Å². The molecule has 0 amide bonds. The summed E-state index contributed by atoms with van der Waals surface area (Å²) in [5.41, 5.74) is 1.29. The van der Waals surface area contributed by atoms with E-state index < -0.39 is 0 Å². The number of nitrogens with one attached hydrogen (secondary N) is 1. The standard InChI is InChI=1S/C15H25N3/c1-5-7-8-11-18(4)15-12-14(9-10-17-15)13(3)16-6-2/h5,9-10,12-13,16H,1,6-8,11H2,2-4H3. The van der Waals surface area contributed by atoms with Gasteiger partial charge in [-0.1, -0.05) is 13.0 Å². The summed E-state index contributed by atoms with van der Waals surface area (Å²) < 4.78 is 0. The third-order valence-corrected chi connectivity index (χ3v) is 3.07. The van der Waals surface area contributed by atoms with Crippen molar-refractivity contribution in [3.63, 3.8) is 0 Å². The Hall–Kier alpha value is -1.35. The van der Waals surface area contributed by atoms with E-state index in [9.17, 15) is 0 Å². The normalized spacial score (nSPS) is 12.2. The van der Waals surface area contributed by atoms with Crippen molar-refractivity contribution in [3.05, 3.63) is 36.5 Å². The quantitative estimate of drug-likeness (QED) is 0.565. The molecule has 0 aliphatic heterocycles. The van der Waals surface area contributed by atoms with Crippen LogP contribution in [0.5, 0.6) is 0 Å². The first kappa shape index (κ1) is 14.7. The Morgan fingerprint density at radius 2 is 2.33 bits per heavy atom. The summed E-state index contributed by atoms with van der Waals surface area (Å²) in [4.78, 5) is 6.63. The Morgan fingerprint density at radius 1 is 1.56 bits per heavy atom. The van der Waals surface area contributed by atoms with E-state index in [1.165, 1.54) is 5.56 Å². The second kappa shape index (κ2) is 7.88. The van der Waals surface area contributed by atoms with E-state index in [-0.39, 0.29) is 0 Å². The van der Waals surface area contributed by atoms with Crippen molar-refractivity contribution in [3.8, 4) is 0 Å². The number of pyridine rings is 1. The van der Waals surface area contributed by atoms with Crippen LogP contribution in [-0.2, 0) is 0 Å². The maximum Gasteiger partial charge on any atom is 0.128 e. The molecule has 100 valence electrons. The molecule has 1 aromatic rings. The summed E-state index contributed by atoms with van der Waals surface area (Å²) in [7, 11) is 2.09. The predicted octanol–water partition coefficient (Wildman–Crippen LogP) is 3.15. The van der Waals surface area contributed by atoms with E-state index in [0.29, 0.717) is 6.04 Å². The predicted molar refractivity (Wildman–Crippen MR) is 79.0 cm³/mol. The molecular weight excluding hydrogens is 222 g/mol. The van der Waals surface area contributed by atoms with Crippen LogP contribution in [0.3, 0.4) is 0 Å². The van der Waals surface area contributed by atoms with Crippen LogP contribution in [0.4, 0.5) is 5.82 Å². The highest BCUT2D eigenvalue weighted by molar-refractivity contribution is 5.40. The average molecular weight is 247 g/mol. The lowest BCUT2D eigenvalue weighted by molar-refractivity contribution is 0.597. The van der Waals surface area contributed by atoms with Gasteiger partial charge in [-0.25, -0.2) is 4.98 Å². The van der Waals surface area contributed by atoms with E-state index >= 15 is 0 Å². The van der Waals surface area contributed by atoms with Crippen molar-refractivity contribution in [2.24, 2.45) is 0 Å². The first-order chi connectivity index (χ1) is 8.69. The van der Waals surface area contributed by atoms with Gasteiger partial charge in [0.15, 0.2) is 0 Å². The van der Waals surface area contributed by atoms with Gasteiger partial charge in [-0.2, -0.15) is 0 Å². The molecular formula is C15H25N3. The molecule has 3 heteroatoms. The molecule has 1 N–H and O–H groups in total. The van der Waals surface area contributed by atoms with Crippen molar-refractivity contribution >= 4 is 5.82 Å². The fraction of sp³-hybridized carbons (Fsp3) is 0.533. The molecule has 0 aromatic carbocycles. The molecule has 3 nitrogen and oxygen atoms in total. The maximum atomic E-state index is 4.43. The minimum Gasteiger partial charge on any atom is -0.360 e. The van der Waals surface area contributed by atoms with Gasteiger partial charge in [0.25, 0.3) is 0 Å². The number of nitrogens with zero attached hydrogens (tertiary/aromatic N) is 2. The van der Waals surface area contributed by atoms with Crippen LogP contribution < -0.4 is 10.2 Å². The van der Waals surface area contributed by atoms with Gasteiger partial charge in [-0.15, -0.1) is 6.58 Å². The summed E-state index contributed by atoms with van der Waals surface area (Å²) in [5, 5.41) is 3.42. The van der Waals surface area contributed by atoms with Crippen LogP contribution in [-0.4, -0.2) is 25.1 Å². The summed E-state index contributed by atoms with van der Waals surface area (Å²) in [5.74, 6) is 1.04. The lowest BCUT2D eigenvalue weighted by atomic mass is 10.1. The van der Waals surface area contributed by atoms with Crippen LogP contribution in [0.25, 0.3) is 0 Å². The molecule has 0 saturated heterocycles. The molecule has 0 saturated carbocycles. The lowest BCUT2D eigenvalue weighted by Crippen LogP contribution is -2.21. The molecule has 1 heterocycles. The fourth-order valence-electron chi connectivity index (χ4n) is 1.92. The van der Waals surface area contributed by atoms with Gasteiger partial charge in [0, 0.05) is 25.8 Å². The monoisotopic (exact) mass is 247 g/mol. The van der Waals surface area contributed by atoms with Gasteiger partial charge in [0.05, 0.1) is 0 Å². The second-order valence-electron chi connectivity index (χ2n) is 4.58. The van der Waals surface area contributed by atoms with Crippen molar-refractivity contribution in [1.29, 1.82) is 0 Å². The zero-order valence-electron chi connectivity index (χ0n) is 11.8. The summed E-state index contributed by atoms with van der Waals surface area (Å²) in [6.07, 6.45) is 6.03. The van der Waals surface area contributed by atoms with Gasteiger partial charge in [-0.3, -0.25) is 0 Å². The lowest BCUT2D eigenvalue weighted by Gasteiger charge is -2.20. The number of aromatic nitrogens is 1. The first-order valence-corrected chi connectivity index (χ1v) is 6.70. The molecule has 1 aromatic heterocycles. The fourth-order valence-corrected chi connectivity index (χ4v) is 1.92. The minimum atomic E-state index is 0.373. The molecule has 18 heavy (non-hydrogen) atoms. The van der Waals surface area contributed by atoms with E-state index in [2.05, 4.69) is 54.8 Å². The SMILES string of the molecule is C=CCCCN(C)c1cc(C(C)NCC)ccn1. The van der Waals surface area contributed by atoms with E-state index in [4.69, 9.17) is 0 Å². The van der Waals surface area contributed by atoms with Gasteiger partial charge >= 0.3 is 0 Å². The summed E-state index contributed by atoms with van der Waals surface area (Å²) in [6, 6.07) is 4.62. The highest BCUT2D eigenvalue weighted by atomic mass is 15.2. The molecule has 1 rings (SSSR count). The first-order valence-electron chi connectivity index (χ1n) is 6.70. The van der Waals surface area contributed by atoms with E-state index in [0.717, 1.165) is 31.7 Å². The molecule has 1 atom stereocenters. The highest BCUT2D eigenvalue weighted by Crippen LogP contribution is 2.17. The van der Waals surface area contributed by atoms with E-state index in [1.54, 1.807) is 0 Å². The topological polar surface area (TPSA) is 28.2 Å². The highest BCUT2D eigenvalue weighted by Gasteiger charge is 2.07. The van der Waals surface area contributed by atoms with E-state index in [1.807, 2.05) is 12.3 Å². The number of unbranched alkanes of at least 4 members (excludes halogenated alkanes) is 1. The molecule has 1 unspecified atom stereocenters. The molecule has 0 spiro atoms. The number of rotatable bonds is 8. The van der Waals surface area contributed by atoms with Crippen LogP contribution in [0.2, 0.25) is 0 Å². The van der Waals surface area contributed by atoms with Crippen LogP contribution >= 0.6 is 0 Å². The smallest absolute Gasteiger partial charge is 0.128 e. The number of anilines is 1. The van der Waals surface area contributed by atoms with Gasteiger partial charge in [0.1, 0.15) is 5.82 Å². The largest absolute Gasteiger partial charge is 0.360 e. The Labute approximate surface area is 111 Å². The van der Waals surface area contributed by atoms with Gasteiger partial charge < -0.3 is 10.2 Å². The molecule has 0 aliphatic rings. The van der Waals surface area contributed by atoms with Crippen molar-refractivity contribution in [1.82, 2.24) is 10.3 Å². The molecule has 0 aliphatic carbocycles. The van der Waals surface area contributed by atoms with Crippen molar-refractivity contribution in [2.45, 2.75) is 32.7 Å².